The van der Waals surface area contributed by atoms with Gasteiger partial charge in [-0.25, -0.2) is 0 Å². The van der Waals surface area contributed by atoms with E-state index in [9.17, 15) is 0 Å². The Morgan fingerprint density at radius 3 is 2.07 bits per heavy atom. The highest BCUT2D eigenvalue weighted by Crippen LogP contribution is 2.30. The van der Waals surface area contributed by atoms with Crippen LogP contribution in [-0.4, -0.2) is 27.5 Å². The van der Waals surface area contributed by atoms with Crippen LogP contribution in [0.4, 0.5) is 0 Å². The Morgan fingerprint density at radius 1 is 0.966 bits per heavy atom. The van der Waals surface area contributed by atoms with Gasteiger partial charge in [-0.05, 0) is 19.3 Å². The zero-order chi connectivity index (χ0) is 20.7. The molecule has 1 unspecified atom stereocenters. The molecule has 2 rings (SSSR count). The number of hydrogen-bond acceptors (Lipinski definition) is 4. The fraction of sp³-hybridized carbons (Fsp3) is 0.870. The van der Waals surface area contributed by atoms with Crippen molar-refractivity contribution in [1.82, 2.24) is 15.0 Å². The number of nitrogens with one attached hydrogen (secondary N) is 1. The molecule has 6 nitrogen and oxygen atoms in total. The van der Waals surface area contributed by atoms with Gasteiger partial charge in [-0.3, -0.25) is 5.41 Å². The van der Waals surface area contributed by atoms with E-state index in [1.165, 1.54) is 83.5 Å². The molecule has 1 atom stereocenters. The number of likely N-dealkylation sites (tertiary alicyclic amines) is 1. The van der Waals surface area contributed by atoms with Crippen molar-refractivity contribution in [3.8, 4) is 0 Å². The molecule has 0 bridgehead atoms. The van der Waals surface area contributed by atoms with Gasteiger partial charge >= 0.3 is 0 Å². The summed E-state index contributed by atoms with van der Waals surface area (Å²) in [5.41, 5.74) is 5.65. The van der Waals surface area contributed by atoms with Crippen LogP contribution in [0.2, 0.25) is 0 Å². The van der Waals surface area contributed by atoms with Gasteiger partial charge in [0.1, 0.15) is 6.04 Å². The number of guanidine groups is 1. The predicted molar refractivity (Wildman–Crippen MR) is 119 cm³/mol. The lowest BCUT2D eigenvalue weighted by molar-refractivity contribution is 0.282. The molecule has 1 aliphatic heterocycles. The van der Waals surface area contributed by atoms with Crippen LogP contribution in [0.3, 0.4) is 0 Å². The maximum Gasteiger partial charge on any atom is 0.249 e. The van der Waals surface area contributed by atoms with Gasteiger partial charge in [0.05, 0.1) is 0 Å². The lowest BCUT2D eigenvalue weighted by atomic mass is 10.0. The third-order valence-electron chi connectivity index (χ3n) is 6.09. The van der Waals surface area contributed by atoms with Crippen molar-refractivity contribution in [2.45, 2.75) is 122 Å². The second kappa shape index (κ2) is 14.4. The van der Waals surface area contributed by atoms with E-state index in [1.807, 2.05) is 4.90 Å². The SMILES string of the molecule is CCCCCCCCCCCCCCCCc1noc(C2CCCN2C(=N)N)n1. The van der Waals surface area contributed by atoms with Crippen LogP contribution >= 0.6 is 0 Å². The lowest BCUT2D eigenvalue weighted by Crippen LogP contribution is -2.35. The molecule has 0 radical (unpaired) electrons. The molecule has 1 fully saturated rings. The highest BCUT2D eigenvalue weighted by atomic mass is 16.5. The van der Waals surface area contributed by atoms with Crippen LogP contribution in [0.5, 0.6) is 0 Å². The number of aryl methyl sites for hydroxylation is 1. The molecule has 0 saturated carbocycles. The van der Waals surface area contributed by atoms with Crippen molar-refractivity contribution in [1.29, 1.82) is 5.41 Å². The third kappa shape index (κ3) is 9.18. The summed E-state index contributed by atoms with van der Waals surface area (Å²) < 4.78 is 5.44. The smallest absolute Gasteiger partial charge is 0.249 e. The molecule has 166 valence electrons. The lowest BCUT2D eigenvalue weighted by Gasteiger charge is -2.21. The first-order chi connectivity index (χ1) is 14.2. The average molecular weight is 406 g/mol. The average Bonchev–Trinajstić information content (AvgIpc) is 3.37. The quantitative estimate of drug-likeness (QED) is 0.196. The molecule has 1 saturated heterocycles. The van der Waals surface area contributed by atoms with E-state index < -0.39 is 0 Å². The molecule has 1 aromatic heterocycles. The molecule has 0 aromatic carbocycles. The van der Waals surface area contributed by atoms with Crippen molar-refractivity contribution in [3.05, 3.63) is 11.7 Å². The third-order valence-corrected chi connectivity index (χ3v) is 6.09. The summed E-state index contributed by atoms with van der Waals surface area (Å²) in [6.07, 6.45) is 22.0. The molecule has 1 aromatic rings. The van der Waals surface area contributed by atoms with Crippen molar-refractivity contribution in [2.24, 2.45) is 5.73 Å². The zero-order valence-corrected chi connectivity index (χ0v) is 18.6. The summed E-state index contributed by atoms with van der Waals surface area (Å²) in [4.78, 5) is 6.40. The van der Waals surface area contributed by atoms with Gasteiger partial charge in [0, 0.05) is 13.0 Å². The summed E-state index contributed by atoms with van der Waals surface area (Å²) in [5, 5.41) is 11.8. The molecule has 1 aliphatic rings. The first-order valence-electron chi connectivity index (χ1n) is 12.2. The van der Waals surface area contributed by atoms with Gasteiger partial charge in [0.2, 0.25) is 5.89 Å². The standard InChI is InChI=1S/C23H43N5O/c1-2-3-4-5-6-7-8-9-10-11-12-13-14-15-18-21-26-22(29-27-21)20-17-16-19-28(20)23(24)25/h20H,2-19H2,1H3,(H3,24,25). The van der Waals surface area contributed by atoms with Gasteiger partial charge in [0.15, 0.2) is 11.8 Å². The van der Waals surface area contributed by atoms with Crippen molar-refractivity contribution in [2.75, 3.05) is 6.54 Å². The highest BCUT2D eigenvalue weighted by Gasteiger charge is 2.31. The van der Waals surface area contributed by atoms with Crippen LogP contribution in [-0.2, 0) is 6.42 Å². The van der Waals surface area contributed by atoms with Crippen molar-refractivity contribution >= 4 is 5.96 Å². The van der Waals surface area contributed by atoms with Crippen LogP contribution < -0.4 is 5.73 Å². The minimum atomic E-state index is -0.00918. The Morgan fingerprint density at radius 2 is 1.52 bits per heavy atom. The van der Waals surface area contributed by atoms with E-state index in [1.54, 1.807) is 0 Å². The Kier molecular flexibility index (Phi) is 11.8. The van der Waals surface area contributed by atoms with E-state index in [0.29, 0.717) is 5.89 Å². The molecule has 2 heterocycles. The van der Waals surface area contributed by atoms with Gasteiger partial charge in [-0.1, -0.05) is 95.6 Å². The molecule has 6 heteroatoms. The van der Waals surface area contributed by atoms with Gasteiger partial charge in [0.25, 0.3) is 0 Å². The molecular formula is C23H43N5O. The minimum absolute atomic E-state index is 0.00918. The Balaban J connectivity index is 1.43. The minimum Gasteiger partial charge on any atom is -0.370 e. The van der Waals surface area contributed by atoms with E-state index in [-0.39, 0.29) is 12.0 Å². The predicted octanol–water partition coefficient (Wildman–Crippen LogP) is 6.12. The fourth-order valence-electron chi connectivity index (χ4n) is 4.29. The summed E-state index contributed by atoms with van der Waals surface area (Å²) in [6.45, 7) is 3.08. The molecular weight excluding hydrogens is 362 g/mol. The maximum atomic E-state index is 7.66. The Labute approximate surface area is 177 Å². The number of aromatic nitrogens is 2. The number of hydrogen-bond donors (Lipinski definition) is 2. The Hall–Kier alpha value is -1.59. The first kappa shape index (κ1) is 23.7. The van der Waals surface area contributed by atoms with Gasteiger partial charge in [-0.2, -0.15) is 4.98 Å². The normalized spacial score (nSPS) is 16.6. The molecule has 0 amide bonds. The zero-order valence-electron chi connectivity index (χ0n) is 18.6. The van der Waals surface area contributed by atoms with Crippen molar-refractivity contribution in [3.63, 3.8) is 0 Å². The van der Waals surface area contributed by atoms with E-state index in [4.69, 9.17) is 15.7 Å². The van der Waals surface area contributed by atoms with Gasteiger partial charge < -0.3 is 15.2 Å². The summed E-state index contributed by atoms with van der Waals surface area (Å²) in [6, 6.07) is -0.00918. The number of unbranched alkanes of at least 4 members (excludes halogenated alkanes) is 13. The molecule has 0 spiro atoms. The monoisotopic (exact) mass is 405 g/mol. The van der Waals surface area contributed by atoms with Crippen LogP contribution in [0.15, 0.2) is 4.52 Å². The summed E-state index contributed by atoms with van der Waals surface area (Å²) in [5.74, 6) is 1.52. The fourth-order valence-corrected chi connectivity index (χ4v) is 4.29. The van der Waals surface area contributed by atoms with E-state index in [0.717, 1.165) is 38.1 Å². The van der Waals surface area contributed by atoms with Crippen LogP contribution in [0, 0.1) is 5.41 Å². The van der Waals surface area contributed by atoms with Gasteiger partial charge in [-0.15, -0.1) is 0 Å². The molecule has 3 N–H and O–H groups in total. The number of nitrogens with zero attached hydrogens (tertiary/aromatic N) is 3. The molecule has 0 aliphatic carbocycles. The van der Waals surface area contributed by atoms with Crippen molar-refractivity contribution < 1.29 is 4.52 Å². The van der Waals surface area contributed by atoms with Crippen LogP contribution in [0.25, 0.3) is 0 Å². The second-order valence-electron chi connectivity index (χ2n) is 8.63. The highest BCUT2D eigenvalue weighted by molar-refractivity contribution is 5.75. The second-order valence-corrected chi connectivity index (χ2v) is 8.63. The summed E-state index contributed by atoms with van der Waals surface area (Å²) in [7, 11) is 0. The number of rotatable bonds is 16. The van der Waals surface area contributed by atoms with Crippen LogP contribution in [0.1, 0.15) is 127 Å². The summed E-state index contributed by atoms with van der Waals surface area (Å²) >= 11 is 0. The maximum absolute atomic E-state index is 7.66. The number of nitrogens with two attached hydrogens (primary N) is 1. The van der Waals surface area contributed by atoms with E-state index >= 15 is 0 Å². The largest absolute Gasteiger partial charge is 0.370 e. The molecule has 29 heavy (non-hydrogen) atoms. The Bertz CT molecular complexity index is 559. The first-order valence-corrected chi connectivity index (χ1v) is 12.2. The topological polar surface area (TPSA) is 92.0 Å². The van der Waals surface area contributed by atoms with E-state index in [2.05, 4.69) is 17.1 Å².